The second-order valence-electron chi connectivity index (χ2n) is 11.7. The molecule has 6 heteroatoms. The van der Waals surface area contributed by atoms with Crippen molar-refractivity contribution in [3.05, 3.63) is 82.0 Å². The van der Waals surface area contributed by atoms with Crippen LogP contribution in [0.5, 0.6) is 23.0 Å². The minimum Gasteiger partial charge on any atom is -0.493 e. The Morgan fingerprint density at radius 1 is 0.833 bits per heavy atom. The molecule has 0 bridgehead atoms. The third-order valence-electron chi connectivity index (χ3n) is 8.38. The van der Waals surface area contributed by atoms with Crippen LogP contribution in [0.4, 0.5) is 0 Å². The second kappa shape index (κ2) is 14.5. The Kier molecular flexibility index (Phi) is 10.8. The number of benzene rings is 2. The number of hydrogen-bond donors (Lipinski definition) is 0. The number of hydrogen-bond acceptors (Lipinski definition) is 6. The van der Waals surface area contributed by atoms with Crippen LogP contribution in [0.1, 0.15) is 76.0 Å². The quantitative estimate of drug-likeness (QED) is 0.178. The van der Waals surface area contributed by atoms with Crippen molar-refractivity contribution in [3.8, 4) is 23.0 Å². The van der Waals surface area contributed by atoms with Crippen LogP contribution in [0.15, 0.2) is 65.3 Å². The number of carbonyl (C=O) groups excluding carboxylic acids is 1. The highest BCUT2D eigenvalue weighted by molar-refractivity contribution is 5.78. The van der Waals surface area contributed by atoms with Crippen molar-refractivity contribution in [1.29, 1.82) is 0 Å². The van der Waals surface area contributed by atoms with Crippen molar-refractivity contribution in [1.82, 2.24) is 0 Å². The third kappa shape index (κ3) is 7.39. The molecule has 0 N–H and O–H groups in total. The van der Waals surface area contributed by atoms with Gasteiger partial charge in [-0.05, 0) is 107 Å². The van der Waals surface area contributed by atoms with Crippen molar-refractivity contribution in [2.75, 3.05) is 34.5 Å². The van der Waals surface area contributed by atoms with E-state index in [-0.39, 0.29) is 23.7 Å². The fraction of sp³-hybridized carbons (Fsp3) is 0.472. The maximum absolute atomic E-state index is 13.0. The van der Waals surface area contributed by atoms with Gasteiger partial charge in [-0.25, -0.2) is 0 Å². The largest absolute Gasteiger partial charge is 0.493 e. The number of fused-ring (bicyclic) bond motifs is 2. The van der Waals surface area contributed by atoms with Crippen molar-refractivity contribution in [3.63, 3.8) is 0 Å². The molecule has 1 heterocycles. The van der Waals surface area contributed by atoms with Gasteiger partial charge in [-0.1, -0.05) is 34.9 Å². The average molecular weight is 575 g/mol. The van der Waals surface area contributed by atoms with Gasteiger partial charge < -0.3 is 23.7 Å². The van der Waals surface area contributed by atoms with Gasteiger partial charge in [0, 0.05) is 11.8 Å². The first-order valence-electron chi connectivity index (χ1n) is 14.9. The molecule has 0 spiro atoms. The molecule has 0 amide bonds. The molecular weight excluding hydrogens is 528 g/mol. The lowest BCUT2D eigenvalue weighted by molar-refractivity contribution is -0.141. The van der Waals surface area contributed by atoms with Crippen molar-refractivity contribution >= 4 is 5.97 Å². The Labute approximate surface area is 251 Å². The van der Waals surface area contributed by atoms with E-state index in [2.05, 4.69) is 45.9 Å². The lowest BCUT2D eigenvalue weighted by atomic mass is 9.67. The van der Waals surface area contributed by atoms with Crippen LogP contribution in [-0.2, 0) is 16.0 Å². The molecule has 0 saturated carbocycles. The number of ether oxygens (including phenoxy) is 5. The van der Waals surface area contributed by atoms with E-state index in [1.54, 1.807) is 21.3 Å². The van der Waals surface area contributed by atoms with Gasteiger partial charge in [0.15, 0.2) is 23.0 Å². The van der Waals surface area contributed by atoms with E-state index in [0.29, 0.717) is 36.2 Å². The Morgan fingerprint density at radius 3 is 2.19 bits per heavy atom. The molecule has 1 fully saturated rings. The van der Waals surface area contributed by atoms with Gasteiger partial charge in [0.05, 0.1) is 33.9 Å². The van der Waals surface area contributed by atoms with E-state index in [4.69, 9.17) is 23.7 Å². The Hall–Kier alpha value is -3.67. The van der Waals surface area contributed by atoms with E-state index in [1.165, 1.54) is 16.7 Å². The fourth-order valence-corrected chi connectivity index (χ4v) is 6.05. The molecule has 1 aliphatic heterocycles. The Balaban J connectivity index is 1.52. The zero-order valence-corrected chi connectivity index (χ0v) is 26.3. The number of methoxy groups -OCH3 is 3. The topological polar surface area (TPSA) is 63.2 Å². The lowest BCUT2D eigenvalue weighted by Crippen LogP contribution is -2.31. The summed E-state index contributed by atoms with van der Waals surface area (Å²) >= 11 is 0. The van der Waals surface area contributed by atoms with Gasteiger partial charge >= 0.3 is 5.97 Å². The SMILES string of the molecule is COc1cc2c(cc1OC)[C@H](c1ccc(OC)c(OC/C=C(\C)CC/C=C(\C)CCC=C(C)C)c1)[C@H]1C(=O)OC[C@@H]1C2. The van der Waals surface area contributed by atoms with Gasteiger partial charge in [0.2, 0.25) is 0 Å². The summed E-state index contributed by atoms with van der Waals surface area (Å²) in [6, 6.07) is 10.0. The van der Waals surface area contributed by atoms with Crippen LogP contribution in [-0.4, -0.2) is 40.5 Å². The van der Waals surface area contributed by atoms with Crippen LogP contribution in [0.25, 0.3) is 0 Å². The Morgan fingerprint density at radius 2 is 1.50 bits per heavy atom. The molecule has 226 valence electrons. The molecule has 1 saturated heterocycles. The molecule has 0 aromatic heterocycles. The predicted molar refractivity (Wildman–Crippen MR) is 167 cm³/mol. The molecule has 2 aromatic carbocycles. The summed E-state index contributed by atoms with van der Waals surface area (Å²) in [4.78, 5) is 13.0. The fourth-order valence-electron chi connectivity index (χ4n) is 6.05. The zero-order valence-electron chi connectivity index (χ0n) is 26.3. The van der Waals surface area contributed by atoms with Crippen LogP contribution in [0, 0.1) is 11.8 Å². The minimum atomic E-state index is -0.266. The summed E-state index contributed by atoms with van der Waals surface area (Å²) < 4.78 is 28.7. The van der Waals surface area contributed by atoms with Gasteiger partial charge in [-0.2, -0.15) is 0 Å². The molecular formula is C36H46O6. The smallest absolute Gasteiger partial charge is 0.310 e. The second-order valence-corrected chi connectivity index (χ2v) is 11.7. The highest BCUT2D eigenvalue weighted by Gasteiger charge is 2.47. The summed E-state index contributed by atoms with van der Waals surface area (Å²) in [5, 5.41) is 0. The lowest BCUT2D eigenvalue weighted by Gasteiger charge is -2.34. The molecule has 3 atom stereocenters. The maximum Gasteiger partial charge on any atom is 0.310 e. The van der Waals surface area contributed by atoms with E-state index < -0.39 is 0 Å². The monoisotopic (exact) mass is 574 g/mol. The first-order valence-corrected chi connectivity index (χ1v) is 14.9. The van der Waals surface area contributed by atoms with Crippen molar-refractivity contribution < 1.29 is 28.5 Å². The number of carbonyl (C=O) groups is 1. The number of esters is 1. The van der Waals surface area contributed by atoms with Gasteiger partial charge in [0.1, 0.15) is 6.61 Å². The van der Waals surface area contributed by atoms with Gasteiger partial charge in [0.25, 0.3) is 0 Å². The summed E-state index contributed by atoms with van der Waals surface area (Å²) in [7, 11) is 4.92. The molecule has 0 unspecified atom stereocenters. The van der Waals surface area contributed by atoms with E-state index in [1.807, 2.05) is 30.3 Å². The first kappa shape index (κ1) is 31.3. The molecule has 42 heavy (non-hydrogen) atoms. The van der Waals surface area contributed by atoms with Crippen molar-refractivity contribution in [2.24, 2.45) is 11.8 Å². The first-order chi connectivity index (χ1) is 20.2. The molecule has 1 aliphatic carbocycles. The predicted octanol–water partition coefficient (Wildman–Crippen LogP) is 7.99. The minimum absolute atomic E-state index is 0.107. The third-order valence-corrected chi connectivity index (χ3v) is 8.38. The number of cyclic esters (lactones) is 1. The van der Waals surface area contributed by atoms with Crippen molar-refractivity contribution in [2.45, 2.75) is 65.7 Å². The summed E-state index contributed by atoms with van der Waals surface area (Å²) in [6.07, 6.45) is 11.8. The highest BCUT2D eigenvalue weighted by atomic mass is 16.5. The summed E-state index contributed by atoms with van der Waals surface area (Å²) in [5.74, 6) is 2.16. The van der Waals surface area contributed by atoms with Gasteiger partial charge in [-0.15, -0.1) is 0 Å². The summed E-state index contributed by atoms with van der Waals surface area (Å²) in [6.45, 7) is 9.52. The maximum atomic E-state index is 13.0. The zero-order chi connectivity index (χ0) is 30.2. The number of rotatable bonds is 13. The van der Waals surface area contributed by atoms with Gasteiger partial charge in [-0.3, -0.25) is 4.79 Å². The molecule has 2 aromatic rings. The van der Waals surface area contributed by atoms with Crippen LogP contribution < -0.4 is 18.9 Å². The van der Waals surface area contributed by atoms with E-state index >= 15 is 0 Å². The van der Waals surface area contributed by atoms with Crippen LogP contribution in [0.2, 0.25) is 0 Å². The van der Waals surface area contributed by atoms with E-state index in [0.717, 1.165) is 48.8 Å². The molecule has 0 radical (unpaired) electrons. The summed E-state index contributed by atoms with van der Waals surface area (Å²) in [5.41, 5.74) is 7.30. The molecule has 6 nitrogen and oxygen atoms in total. The standard InChI is InChI=1S/C36H46O6/c1-23(2)10-8-11-24(3)12-9-13-25(4)16-17-41-33-19-26(14-15-30(33)38-5)34-29-21-32(40-7)31(39-6)20-27(29)18-28-22-42-36(37)35(28)34/h10,12,14-16,19-21,28,34-35H,8-9,11,13,17-18,22H2,1-7H3/b24-12+,25-16+/t28-,34-,35-/m0/s1. The Bertz CT molecular complexity index is 1350. The molecule has 4 rings (SSSR count). The average Bonchev–Trinajstić information content (AvgIpc) is 3.34. The molecule has 2 aliphatic rings. The normalized spacial score (nSPS) is 19.9. The van der Waals surface area contributed by atoms with Crippen LogP contribution >= 0.6 is 0 Å². The van der Waals surface area contributed by atoms with Crippen LogP contribution in [0.3, 0.4) is 0 Å². The number of allylic oxidation sites excluding steroid dienone is 5. The highest BCUT2D eigenvalue weighted by Crippen LogP contribution is 2.50. The van der Waals surface area contributed by atoms with E-state index in [9.17, 15) is 4.79 Å².